The van der Waals surface area contributed by atoms with Crippen LogP contribution in [0, 0.1) is 0 Å². The van der Waals surface area contributed by atoms with E-state index in [2.05, 4.69) is 15.0 Å². The van der Waals surface area contributed by atoms with Gasteiger partial charge in [0.05, 0.1) is 0 Å². The Bertz CT molecular complexity index is 609. The first-order chi connectivity index (χ1) is 11.6. The van der Waals surface area contributed by atoms with Crippen molar-refractivity contribution in [2.75, 3.05) is 41.7 Å². The van der Waals surface area contributed by atoms with Crippen molar-refractivity contribution in [1.29, 1.82) is 0 Å². The van der Waals surface area contributed by atoms with Gasteiger partial charge in [-0.2, -0.15) is 15.0 Å². The van der Waals surface area contributed by atoms with Crippen LogP contribution in [-0.2, 0) is 19.2 Å². The Morgan fingerprint density at radius 2 is 0.960 bits per heavy atom. The van der Waals surface area contributed by atoms with Crippen LogP contribution in [-0.4, -0.2) is 85.4 Å². The van der Waals surface area contributed by atoms with E-state index in [0.717, 1.165) is 9.80 Å². The van der Waals surface area contributed by atoms with Gasteiger partial charge < -0.3 is 36.0 Å². The van der Waals surface area contributed by atoms with Crippen LogP contribution < -0.4 is 15.5 Å². The predicted molar refractivity (Wildman–Crippen MR) is 79.2 cm³/mol. The Balaban J connectivity index is 3.28. The van der Waals surface area contributed by atoms with E-state index in [1.807, 2.05) is 0 Å². The number of aliphatic carboxylic acids is 4. The molecule has 0 aliphatic rings. The van der Waals surface area contributed by atoms with E-state index in [4.69, 9.17) is 26.2 Å². The number of carbonyl (C=O) groups is 4. The molecule has 0 bridgehead atoms. The zero-order valence-electron chi connectivity index (χ0n) is 12.6. The largest absolute Gasteiger partial charge is 0.480 e. The smallest absolute Gasteiger partial charge is 0.323 e. The van der Waals surface area contributed by atoms with Crippen molar-refractivity contribution in [3.8, 4) is 0 Å². The zero-order valence-corrected chi connectivity index (χ0v) is 12.6. The number of nitrogens with two attached hydrogens (primary N) is 1. The summed E-state index contributed by atoms with van der Waals surface area (Å²) in [4.78, 5) is 55.9. The van der Waals surface area contributed by atoms with Gasteiger partial charge in [0.2, 0.25) is 17.8 Å². The van der Waals surface area contributed by atoms with E-state index in [-0.39, 0.29) is 0 Å². The maximum absolute atomic E-state index is 10.9. The standard InChI is InChI=1S/C11H14N6O8/c12-9-13-10(16(1-5(18)19)2-6(20)21)15-11(14-9)17(3-7(22)23)4-8(24)25/h1-4H2,(H,18,19)(H,20,21)(H,22,23)(H,24,25)(H2,12,13,14,15). The monoisotopic (exact) mass is 358 g/mol. The van der Waals surface area contributed by atoms with Crippen LogP contribution >= 0.6 is 0 Å². The fraction of sp³-hybridized carbons (Fsp3) is 0.364. The van der Waals surface area contributed by atoms with Gasteiger partial charge in [-0.1, -0.05) is 0 Å². The van der Waals surface area contributed by atoms with Crippen LogP contribution in [0.3, 0.4) is 0 Å². The van der Waals surface area contributed by atoms with Crippen molar-refractivity contribution in [1.82, 2.24) is 15.0 Å². The molecule has 14 heteroatoms. The van der Waals surface area contributed by atoms with Crippen molar-refractivity contribution < 1.29 is 39.6 Å². The van der Waals surface area contributed by atoms with E-state index in [1.165, 1.54) is 0 Å². The first-order valence-corrected chi connectivity index (χ1v) is 6.47. The summed E-state index contributed by atoms with van der Waals surface area (Å²) in [5.74, 6) is -6.89. The van der Waals surface area contributed by atoms with Crippen molar-refractivity contribution in [3.63, 3.8) is 0 Å². The highest BCUT2D eigenvalue weighted by Gasteiger charge is 2.22. The summed E-state index contributed by atoms with van der Waals surface area (Å²) < 4.78 is 0. The summed E-state index contributed by atoms with van der Waals surface area (Å²) in [7, 11) is 0. The van der Waals surface area contributed by atoms with Gasteiger partial charge in [0, 0.05) is 0 Å². The first kappa shape index (κ1) is 19.3. The molecular formula is C11H14N6O8. The van der Waals surface area contributed by atoms with E-state index in [9.17, 15) is 19.2 Å². The Labute approximate surface area is 139 Å². The van der Waals surface area contributed by atoms with Crippen molar-refractivity contribution in [2.24, 2.45) is 0 Å². The molecule has 0 saturated heterocycles. The van der Waals surface area contributed by atoms with Crippen LogP contribution in [0.5, 0.6) is 0 Å². The molecule has 1 rings (SSSR count). The van der Waals surface area contributed by atoms with Gasteiger partial charge in [0.25, 0.3) is 0 Å². The lowest BCUT2D eigenvalue weighted by molar-refractivity contribution is -0.138. The van der Waals surface area contributed by atoms with Gasteiger partial charge in [-0.05, 0) is 0 Å². The number of nitrogen functional groups attached to an aromatic ring is 1. The molecule has 136 valence electrons. The number of aromatic nitrogens is 3. The minimum atomic E-state index is -1.38. The van der Waals surface area contributed by atoms with Crippen LogP contribution in [0.25, 0.3) is 0 Å². The van der Waals surface area contributed by atoms with Gasteiger partial charge in [0.1, 0.15) is 26.2 Å². The lowest BCUT2D eigenvalue weighted by Gasteiger charge is -2.22. The Morgan fingerprint density at radius 3 is 1.20 bits per heavy atom. The summed E-state index contributed by atoms with van der Waals surface area (Å²) in [6.07, 6.45) is 0. The molecule has 0 atom stereocenters. The minimum Gasteiger partial charge on any atom is -0.480 e. The molecule has 1 aromatic rings. The Hall–Kier alpha value is -3.71. The molecule has 0 amide bonds. The molecule has 0 unspecified atom stereocenters. The molecule has 25 heavy (non-hydrogen) atoms. The topological polar surface area (TPSA) is 220 Å². The average molecular weight is 358 g/mol. The molecule has 0 aromatic carbocycles. The third-order valence-corrected chi connectivity index (χ3v) is 2.50. The molecule has 1 aromatic heterocycles. The average Bonchev–Trinajstić information content (AvgIpc) is 2.43. The minimum absolute atomic E-state index is 0.451. The fourth-order valence-corrected chi connectivity index (χ4v) is 1.70. The first-order valence-electron chi connectivity index (χ1n) is 6.47. The molecule has 0 aliphatic carbocycles. The Kier molecular flexibility index (Phi) is 6.36. The van der Waals surface area contributed by atoms with E-state index in [0.29, 0.717) is 0 Å². The van der Waals surface area contributed by atoms with E-state index in [1.54, 1.807) is 0 Å². The number of carboxylic acids is 4. The van der Waals surface area contributed by atoms with Gasteiger partial charge in [-0.3, -0.25) is 19.2 Å². The molecule has 0 radical (unpaired) electrons. The van der Waals surface area contributed by atoms with Crippen LogP contribution in [0.4, 0.5) is 17.8 Å². The van der Waals surface area contributed by atoms with Crippen LogP contribution in [0.1, 0.15) is 0 Å². The predicted octanol–water partition coefficient (Wildman–Crippen LogP) is -2.59. The number of nitrogens with zero attached hydrogens (tertiary/aromatic N) is 5. The highest BCUT2D eigenvalue weighted by molar-refractivity contribution is 5.80. The summed E-state index contributed by atoms with van der Waals surface area (Å²) >= 11 is 0. The maximum atomic E-state index is 10.9. The summed E-state index contributed by atoms with van der Waals surface area (Å²) in [5.41, 5.74) is 5.45. The molecule has 6 N–H and O–H groups in total. The molecular weight excluding hydrogens is 344 g/mol. The summed E-state index contributed by atoms with van der Waals surface area (Å²) in [5, 5.41) is 35.4. The lowest BCUT2D eigenvalue weighted by atomic mass is 10.4. The van der Waals surface area contributed by atoms with Crippen LogP contribution in [0.15, 0.2) is 0 Å². The number of rotatable bonds is 10. The number of anilines is 3. The van der Waals surface area contributed by atoms with E-state index >= 15 is 0 Å². The molecule has 0 saturated carbocycles. The Morgan fingerprint density at radius 1 is 0.680 bits per heavy atom. The van der Waals surface area contributed by atoms with E-state index < -0.39 is 67.9 Å². The fourth-order valence-electron chi connectivity index (χ4n) is 1.70. The van der Waals surface area contributed by atoms with Crippen molar-refractivity contribution in [3.05, 3.63) is 0 Å². The molecule has 0 fully saturated rings. The number of hydrogen-bond donors (Lipinski definition) is 5. The number of hydrogen-bond acceptors (Lipinski definition) is 10. The summed E-state index contributed by atoms with van der Waals surface area (Å²) in [6, 6.07) is 0. The van der Waals surface area contributed by atoms with Gasteiger partial charge in [-0.25, -0.2) is 0 Å². The van der Waals surface area contributed by atoms with Crippen molar-refractivity contribution in [2.45, 2.75) is 0 Å². The molecule has 0 spiro atoms. The maximum Gasteiger partial charge on any atom is 0.323 e. The number of carboxylic acid groups (broad SMARTS) is 4. The van der Waals surface area contributed by atoms with Gasteiger partial charge in [0.15, 0.2) is 0 Å². The van der Waals surface area contributed by atoms with Gasteiger partial charge >= 0.3 is 23.9 Å². The highest BCUT2D eigenvalue weighted by atomic mass is 16.4. The van der Waals surface area contributed by atoms with Crippen LogP contribution in [0.2, 0.25) is 0 Å². The third-order valence-electron chi connectivity index (χ3n) is 2.50. The second-order valence-corrected chi connectivity index (χ2v) is 4.58. The van der Waals surface area contributed by atoms with Crippen molar-refractivity contribution >= 4 is 41.7 Å². The van der Waals surface area contributed by atoms with Gasteiger partial charge in [-0.15, -0.1) is 0 Å². The second-order valence-electron chi connectivity index (χ2n) is 4.58. The normalized spacial score (nSPS) is 10.1. The molecule has 1 heterocycles. The SMILES string of the molecule is Nc1nc(N(CC(=O)O)CC(=O)O)nc(N(CC(=O)O)CC(=O)O)n1. The third kappa shape index (κ3) is 6.51. The molecule has 0 aliphatic heterocycles. The molecule has 14 nitrogen and oxygen atoms in total. The second kappa shape index (κ2) is 8.23. The summed E-state index contributed by atoms with van der Waals surface area (Å²) in [6.45, 7) is -3.14. The highest BCUT2D eigenvalue weighted by Crippen LogP contribution is 2.15. The lowest BCUT2D eigenvalue weighted by Crippen LogP contribution is -2.38. The quantitative estimate of drug-likeness (QED) is 0.289. The zero-order chi connectivity index (χ0) is 19.1.